The highest BCUT2D eigenvalue weighted by Crippen LogP contribution is 2.09. The van der Waals surface area contributed by atoms with Crippen molar-refractivity contribution in [2.24, 2.45) is 0 Å². The molecule has 3 aromatic rings. The molecule has 142 valence electrons. The normalized spacial score (nSPS) is 10.3. The van der Waals surface area contributed by atoms with Gasteiger partial charge in [-0.3, -0.25) is 19.6 Å². The second kappa shape index (κ2) is 9.62. The molecule has 6 nitrogen and oxygen atoms in total. The lowest BCUT2D eigenvalue weighted by atomic mass is 10.1. The Balaban J connectivity index is 1.53. The Bertz CT molecular complexity index is 946. The van der Waals surface area contributed by atoms with Crippen molar-refractivity contribution in [3.05, 3.63) is 94.5 Å². The predicted octanol–water partition coefficient (Wildman–Crippen LogP) is 3.03. The number of amides is 2. The quantitative estimate of drug-likeness (QED) is 0.645. The van der Waals surface area contributed by atoms with E-state index in [4.69, 9.17) is 11.6 Å². The highest BCUT2D eigenvalue weighted by Gasteiger charge is 2.11. The lowest BCUT2D eigenvalue weighted by molar-refractivity contribution is 0.0949. The number of nitrogens with one attached hydrogen (secondary N) is 2. The van der Waals surface area contributed by atoms with Gasteiger partial charge in [0.2, 0.25) is 0 Å². The summed E-state index contributed by atoms with van der Waals surface area (Å²) in [5.74, 6) is -0.600. The molecular formula is C21H19ClN4O2. The smallest absolute Gasteiger partial charge is 0.269 e. The van der Waals surface area contributed by atoms with Crippen molar-refractivity contribution in [1.82, 2.24) is 20.6 Å². The molecule has 0 aliphatic carbocycles. The number of aromatic nitrogens is 2. The van der Waals surface area contributed by atoms with Crippen molar-refractivity contribution in [2.45, 2.75) is 13.0 Å². The van der Waals surface area contributed by atoms with Crippen molar-refractivity contribution in [3.63, 3.8) is 0 Å². The van der Waals surface area contributed by atoms with Gasteiger partial charge in [-0.15, -0.1) is 0 Å². The molecule has 0 bridgehead atoms. The van der Waals surface area contributed by atoms with Gasteiger partial charge in [0.25, 0.3) is 11.8 Å². The van der Waals surface area contributed by atoms with E-state index in [9.17, 15) is 9.59 Å². The molecule has 3 rings (SSSR count). The highest BCUT2D eigenvalue weighted by molar-refractivity contribution is 6.30. The van der Waals surface area contributed by atoms with Crippen LogP contribution >= 0.6 is 11.6 Å². The lowest BCUT2D eigenvalue weighted by Gasteiger charge is -2.08. The first-order valence-electron chi connectivity index (χ1n) is 8.77. The molecule has 0 aliphatic rings. The third-order valence-corrected chi connectivity index (χ3v) is 4.30. The van der Waals surface area contributed by atoms with E-state index in [0.29, 0.717) is 30.1 Å². The van der Waals surface area contributed by atoms with Gasteiger partial charge in [-0.1, -0.05) is 29.8 Å². The van der Waals surface area contributed by atoms with Gasteiger partial charge in [-0.25, -0.2) is 0 Å². The van der Waals surface area contributed by atoms with Crippen molar-refractivity contribution >= 4 is 23.4 Å². The van der Waals surface area contributed by atoms with Crippen LogP contribution in [0.4, 0.5) is 0 Å². The number of rotatable bonds is 7. The molecule has 2 aromatic heterocycles. The molecular weight excluding hydrogens is 376 g/mol. The van der Waals surface area contributed by atoms with E-state index in [-0.39, 0.29) is 17.5 Å². The molecule has 7 heteroatoms. The van der Waals surface area contributed by atoms with Gasteiger partial charge in [-0.05, 0) is 47.9 Å². The molecule has 2 N–H and O–H groups in total. The van der Waals surface area contributed by atoms with Crippen LogP contribution < -0.4 is 10.6 Å². The summed E-state index contributed by atoms with van der Waals surface area (Å²) in [6.07, 6.45) is 5.49. The van der Waals surface area contributed by atoms with Crippen LogP contribution in [-0.2, 0) is 13.0 Å². The number of nitrogens with zero attached hydrogens (tertiary/aromatic N) is 2. The predicted molar refractivity (Wildman–Crippen MR) is 107 cm³/mol. The Morgan fingerprint density at radius 2 is 1.75 bits per heavy atom. The summed E-state index contributed by atoms with van der Waals surface area (Å²) in [4.78, 5) is 32.7. The molecule has 0 saturated heterocycles. The van der Waals surface area contributed by atoms with E-state index in [1.165, 1.54) is 12.3 Å². The average molecular weight is 395 g/mol. The molecule has 2 amide bonds. The lowest BCUT2D eigenvalue weighted by Crippen LogP contribution is -2.27. The third kappa shape index (κ3) is 5.62. The van der Waals surface area contributed by atoms with Gasteiger partial charge in [-0.2, -0.15) is 0 Å². The maximum atomic E-state index is 12.3. The Labute approximate surface area is 168 Å². The number of carbonyl (C=O) groups is 2. The first-order valence-corrected chi connectivity index (χ1v) is 9.15. The van der Waals surface area contributed by atoms with Crippen molar-refractivity contribution in [1.29, 1.82) is 0 Å². The van der Waals surface area contributed by atoms with Crippen LogP contribution in [0.25, 0.3) is 0 Å². The fraction of sp³-hybridized carbons (Fsp3) is 0.143. The van der Waals surface area contributed by atoms with Crippen LogP contribution in [-0.4, -0.2) is 28.3 Å². The van der Waals surface area contributed by atoms with E-state index >= 15 is 0 Å². The minimum atomic E-state index is -0.323. The highest BCUT2D eigenvalue weighted by atomic mass is 35.5. The van der Waals surface area contributed by atoms with Crippen molar-refractivity contribution in [3.8, 4) is 0 Å². The summed E-state index contributed by atoms with van der Waals surface area (Å²) in [5, 5.41) is 6.29. The Kier molecular flexibility index (Phi) is 6.70. The summed E-state index contributed by atoms with van der Waals surface area (Å²) in [6, 6.07) is 14.2. The molecule has 0 aliphatic heterocycles. The van der Waals surface area contributed by atoms with Crippen LogP contribution in [0.5, 0.6) is 0 Å². The Hall–Kier alpha value is -3.25. The SMILES string of the molecule is O=C(NCc1cccnc1)c1ccnc(C(=O)NCCc2ccc(Cl)cc2)c1. The maximum absolute atomic E-state index is 12.3. The summed E-state index contributed by atoms with van der Waals surface area (Å²) in [7, 11) is 0. The van der Waals surface area contributed by atoms with Crippen LogP contribution in [0.2, 0.25) is 5.02 Å². The van der Waals surface area contributed by atoms with E-state index < -0.39 is 0 Å². The second-order valence-electron chi connectivity index (χ2n) is 6.11. The number of benzene rings is 1. The van der Waals surface area contributed by atoms with Crippen LogP contribution in [0, 0.1) is 0 Å². The first-order chi connectivity index (χ1) is 13.6. The molecule has 1 aromatic carbocycles. The van der Waals surface area contributed by atoms with Crippen molar-refractivity contribution < 1.29 is 9.59 Å². The summed E-state index contributed by atoms with van der Waals surface area (Å²) >= 11 is 5.86. The van der Waals surface area contributed by atoms with E-state index in [0.717, 1.165) is 11.1 Å². The fourth-order valence-electron chi connectivity index (χ4n) is 2.55. The molecule has 28 heavy (non-hydrogen) atoms. The minimum Gasteiger partial charge on any atom is -0.350 e. The molecule has 0 saturated carbocycles. The summed E-state index contributed by atoms with van der Waals surface area (Å²) in [5.41, 5.74) is 2.54. The Morgan fingerprint density at radius 3 is 2.50 bits per heavy atom. The van der Waals surface area contributed by atoms with Gasteiger partial charge in [0.05, 0.1) is 0 Å². The van der Waals surface area contributed by atoms with Gasteiger partial charge >= 0.3 is 0 Å². The van der Waals surface area contributed by atoms with Crippen LogP contribution in [0.3, 0.4) is 0 Å². The molecule has 0 atom stereocenters. The summed E-state index contributed by atoms with van der Waals surface area (Å²) < 4.78 is 0. The number of carbonyl (C=O) groups excluding carboxylic acids is 2. The average Bonchev–Trinajstić information content (AvgIpc) is 2.74. The van der Waals surface area contributed by atoms with Crippen LogP contribution in [0.1, 0.15) is 32.0 Å². The van der Waals surface area contributed by atoms with Gasteiger partial charge in [0.1, 0.15) is 5.69 Å². The number of pyridine rings is 2. The zero-order valence-corrected chi connectivity index (χ0v) is 15.8. The van der Waals surface area contributed by atoms with E-state index in [1.807, 2.05) is 30.3 Å². The van der Waals surface area contributed by atoms with Crippen molar-refractivity contribution in [2.75, 3.05) is 6.54 Å². The van der Waals surface area contributed by atoms with Gasteiger partial charge in [0.15, 0.2) is 0 Å². The zero-order chi connectivity index (χ0) is 19.8. The molecule has 0 radical (unpaired) electrons. The Morgan fingerprint density at radius 1 is 0.929 bits per heavy atom. The number of hydrogen-bond donors (Lipinski definition) is 2. The summed E-state index contributed by atoms with van der Waals surface area (Å²) in [6.45, 7) is 0.817. The minimum absolute atomic E-state index is 0.199. The zero-order valence-electron chi connectivity index (χ0n) is 15.1. The fourth-order valence-corrected chi connectivity index (χ4v) is 2.67. The van der Waals surface area contributed by atoms with E-state index in [1.54, 1.807) is 24.5 Å². The monoisotopic (exact) mass is 394 g/mol. The second-order valence-corrected chi connectivity index (χ2v) is 6.54. The topological polar surface area (TPSA) is 84.0 Å². The maximum Gasteiger partial charge on any atom is 0.269 e. The number of hydrogen-bond acceptors (Lipinski definition) is 4. The van der Waals surface area contributed by atoms with E-state index in [2.05, 4.69) is 20.6 Å². The molecule has 0 fully saturated rings. The third-order valence-electron chi connectivity index (χ3n) is 4.04. The first kappa shape index (κ1) is 19.5. The van der Waals surface area contributed by atoms with Gasteiger partial charge in [0, 0.05) is 42.3 Å². The molecule has 0 spiro atoms. The van der Waals surface area contributed by atoms with Gasteiger partial charge < -0.3 is 10.6 Å². The number of halogens is 1. The molecule has 2 heterocycles. The largest absolute Gasteiger partial charge is 0.350 e. The van der Waals surface area contributed by atoms with Crippen LogP contribution in [0.15, 0.2) is 67.1 Å². The standard InChI is InChI=1S/C21H19ClN4O2/c22-18-5-3-15(4-6-18)7-10-25-21(28)19-12-17(8-11-24-19)20(27)26-14-16-2-1-9-23-13-16/h1-6,8-9,11-13H,7,10,14H2,(H,25,28)(H,26,27). The molecule has 0 unspecified atom stereocenters.